The van der Waals surface area contributed by atoms with E-state index < -0.39 is 0 Å². The Kier molecular flexibility index (Phi) is 3.95. The van der Waals surface area contributed by atoms with Gasteiger partial charge in [-0.15, -0.1) is 10.2 Å². The van der Waals surface area contributed by atoms with E-state index in [0.717, 1.165) is 18.7 Å². The molecular formula is C11H7ClI2N6. The van der Waals surface area contributed by atoms with Gasteiger partial charge in [0.2, 0.25) is 5.82 Å². The molecule has 1 aromatic carbocycles. The van der Waals surface area contributed by atoms with Gasteiger partial charge in [0.05, 0.1) is 23.3 Å². The highest BCUT2D eigenvalue weighted by Crippen LogP contribution is 2.31. The van der Waals surface area contributed by atoms with Gasteiger partial charge in [0.1, 0.15) is 7.40 Å². The molecule has 0 unspecified atom stereocenters. The molecule has 20 heavy (non-hydrogen) atoms. The zero-order valence-electron chi connectivity index (χ0n) is 10.1. The number of benzene rings is 1. The van der Waals surface area contributed by atoms with Crippen molar-refractivity contribution in [2.24, 2.45) is 7.05 Å². The molecule has 0 atom stereocenters. The van der Waals surface area contributed by atoms with Crippen molar-refractivity contribution >= 4 is 56.8 Å². The van der Waals surface area contributed by atoms with Gasteiger partial charge in [0.15, 0.2) is 0 Å². The number of tetrazole rings is 1. The predicted molar refractivity (Wildman–Crippen MR) is 91.8 cm³/mol. The molecular weight excluding hydrogens is 505 g/mol. The number of hydrogen-bond acceptors (Lipinski definition) is 4. The van der Waals surface area contributed by atoms with Crippen LogP contribution in [0.2, 0.25) is 5.02 Å². The number of para-hydroxylation sites is 1. The first-order valence-corrected chi connectivity index (χ1v) is 8.05. The largest absolute Gasteiger partial charge is 0.224 e. The highest BCUT2D eigenvalue weighted by atomic mass is 127. The molecule has 0 aliphatic heterocycles. The van der Waals surface area contributed by atoms with Crippen LogP contribution in [0.3, 0.4) is 0 Å². The molecule has 0 N–H and O–H groups in total. The summed E-state index contributed by atoms with van der Waals surface area (Å²) in [6.07, 6.45) is 0. The average Bonchev–Trinajstić information content (AvgIpc) is 2.94. The standard InChI is InChI=1S/C11H7ClI2N6/c1-19-17-11(15-18-19)8-9(13)16-20(10(8)14)7-5-3-2-4-6(7)12/h2-5H,1H3. The van der Waals surface area contributed by atoms with Crippen molar-refractivity contribution < 1.29 is 0 Å². The van der Waals surface area contributed by atoms with Crippen molar-refractivity contribution in [3.05, 3.63) is 36.7 Å². The van der Waals surface area contributed by atoms with Crippen LogP contribution < -0.4 is 0 Å². The Balaban J connectivity index is 2.19. The van der Waals surface area contributed by atoms with Gasteiger partial charge in [-0.1, -0.05) is 23.7 Å². The molecule has 2 heterocycles. The predicted octanol–water partition coefficient (Wildman–Crippen LogP) is 2.93. The summed E-state index contributed by atoms with van der Waals surface area (Å²) in [4.78, 5) is 1.42. The lowest BCUT2D eigenvalue weighted by atomic mass is 10.3. The van der Waals surface area contributed by atoms with Crippen LogP contribution in [0.15, 0.2) is 24.3 Å². The van der Waals surface area contributed by atoms with Crippen LogP contribution in [0.25, 0.3) is 17.1 Å². The molecule has 0 bridgehead atoms. The van der Waals surface area contributed by atoms with Gasteiger partial charge >= 0.3 is 0 Å². The third-order valence-electron chi connectivity index (χ3n) is 2.60. The number of halogens is 3. The van der Waals surface area contributed by atoms with Gasteiger partial charge in [0.25, 0.3) is 0 Å². The smallest absolute Gasteiger partial charge is 0.210 e. The van der Waals surface area contributed by atoms with E-state index in [1.165, 1.54) is 4.80 Å². The van der Waals surface area contributed by atoms with Crippen molar-refractivity contribution in [3.8, 4) is 17.1 Å². The fourth-order valence-corrected chi connectivity index (χ4v) is 4.03. The minimum atomic E-state index is 0.555. The Labute approximate surface area is 146 Å². The zero-order chi connectivity index (χ0) is 14.3. The summed E-state index contributed by atoms with van der Waals surface area (Å²) >= 11 is 10.6. The number of rotatable bonds is 2. The van der Waals surface area contributed by atoms with E-state index in [-0.39, 0.29) is 0 Å². The summed E-state index contributed by atoms with van der Waals surface area (Å²) in [6, 6.07) is 7.56. The topological polar surface area (TPSA) is 61.4 Å². The van der Waals surface area contributed by atoms with E-state index >= 15 is 0 Å². The molecule has 3 aromatic rings. The molecule has 3 rings (SSSR count). The Bertz CT molecular complexity index is 781. The molecule has 0 amide bonds. The molecule has 0 aliphatic rings. The first kappa shape index (κ1) is 14.2. The van der Waals surface area contributed by atoms with Crippen LogP contribution in [0, 0.1) is 7.40 Å². The molecule has 102 valence electrons. The number of aryl methyl sites for hydroxylation is 1. The molecule has 0 spiro atoms. The summed E-state index contributed by atoms with van der Waals surface area (Å²) in [6.45, 7) is 0. The van der Waals surface area contributed by atoms with E-state index in [9.17, 15) is 0 Å². The highest BCUT2D eigenvalue weighted by molar-refractivity contribution is 14.1. The van der Waals surface area contributed by atoms with Crippen molar-refractivity contribution in [2.75, 3.05) is 0 Å². The van der Waals surface area contributed by atoms with E-state index in [4.69, 9.17) is 11.6 Å². The molecule has 0 saturated carbocycles. The first-order valence-electron chi connectivity index (χ1n) is 5.51. The van der Waals surface area contributed by atoms with Gasteiger partial charge in [0, 0.05) is 0 Å². The molecule has 0 fully saturated rings. The van der Waals surface area contributed by atoms with Crippen LogP contribution in [-0.2, 0) is 7.05 Å². The third-order valence-corrected chi connectivity index (χ3v) is 4.67. The van der Waals surface area contributed by atoms with E-state index in [1.807, 2.05) is 24.3 Å². The van der Waals surface area contributed by atoms with E-state index in [0.29, 0.717) is 10.8 Å². The Morgan fingerprint density at radius 3 is 2.55 bits per heavy atom. The summed E-state index contributed by atoms with van der Waals surface area (Å²) in [7, 11) is 1.73. The highest BCUT2D eigenvalue weighted by Gasteiger charge is 2.21. The Hall–Kier alpha value is -0.750. The van der Waals surface area contributed by atoms with Gasteiger partial charge in [-0.3, -0.25) is 0 Å². The molecule has 9 heteroatoms. The van der Waals surface area contributed by atoms with Crippen molar-refractivity contribution in [1.82, 2.24) is 30.0 Å². The fourth-order valence-electron chi connectivity index (χ4n) is 1.72. The molecule has 0 radical (unpaired) electrons. The van der Waals surface area contributed by atoms with Crippen LogP contribution in [-0.4, -0.2) is 30.0 Å². The molecule has 6 nitrogen and oxygen atoms in total. The second kappa shape index (κ2) is 5.56. The maximum atomic E-state index is 6.23. The summed E-state index contributed by atoms with van der Waals surface area (Å²) in [5, 5.41) is 17.3. The molecule has 0 saturated heterocycles. The summed E-state index contributed by atoms with van der Waals surface area (Å²) in [5.74, 6) is 0.555. The van der Waals surface area contributed by atoms with Crippen LogP contribution in [0.1, 0.15) is 0 Å². The average molecular weight is 512 g/mol. The summed E-state index contributed by atoms with van der Waals surface area (Å²) < 4.78 is 3.49. The second-order valence-electron chi connectivity index (χ2n) is 3.92. The minimum Gasteiger partial charge on any atom is -0.224 e. The fraction of sp³-hybridized carbons (Fsp3) is 0.0909. The van der Waals surface area contributed by atoms with Gasteiger partial charge in [-0.05, 0) is 62.5 Å². The van der Waals surface area contributed by atoms with Gasteiger partial charge < -0.3 is 0 Å². The Morgan fingerprint density at radius 2 is 1.90 bits per heavy atom. The normalized spacial score (nSPS) is 11.0. The van der Waals surface area contributed by atoms with Gasteiger partial charge in [-0.25, -0.2) is 4.68 Å². The SMILES string of the molecule is Cn1nnc(-c2c(I)nn(-c3ccccc3Cl)c2I)n1. The quantitative estimate of drug-likeness (QED) is 0.496. The lowest BCUT2D eigenvalue weighted by molar-refractivity contribution is 0.630. The lowest BCUT2D eigenvalue weighted by Gasteiger charge is -2.05. The zero-order valence-corrected chi connectivity index (χ0v) is 15.2. The van der Waals surface area contributed by atoms with Crippen molar-refractivity contribution in [2.45, 2.75) is 0 Å². The summed E-state index contributed by atoms with van der Waals surface area (Å²) in [5.41, 5.74) is 1.69. The Morgan fingerprint density at radius 1 is 1.15 bits per heavy atom. The van der Waals surface area contributed by atoms with E-state index in [1.54, 1.807) is 11.7 Å². The van der Waals surface area contributed by atoms with E-state index in [2.05, 4.69) is 65.7 Å². The number of hydrogen-bond donors (Lipinski definition) is 0. The minimum absolute atomic E-state index is 0.555. The first-order chi connectivity index (χ1) is 9.58. The van der Waals surface area contributed by atoms with Crippen LogP contribution in [0.5, 0.6) is 0 Å². The number of nitrogens with zero attached hydrogens (tertiary/aromatic N) is 6. The second-order valence-corrected chi connectivity index (χ2v) is 6.37. The third kappa shape index (κ3) is 2.44. The number of aromatic nitrogens is 6. The van der Waals surface area contributed by atoms with Crippen molar-refractivity contribution in [1.29, 1.82) is 0 Å². The van der Waals surface area contributed by atoms with Crippen LogP contribution >= 0.6 is 56.8 Å². The van der Waals surface area contributed by atoms with Crippen LogP contribution in [0.4, 0.5) is 0 Å². The maximum Gasteiger partial charge on any atom is 0.210 e. The van der Waals surface area contributed by atoms with Gasteiger partial charge in [-0.2, -0.15) is 9.90 Å². The van der Waals surface area contributed by atoms with Crippen molar-refractivity contribution in [3.63, 3.8) is 0 Å². The monoisotopic (exact) mass is 512 g/mol. The lowest BCUT2D eigenvalue weighted by Crippen LogP contribution is -2.00. The molecule has 0 aliphatic carbocycles. The maximum absolute atomic E-state index is 6.23. The molecule has 2 aromatic heterocycles.